The second-order valence-electron chi connectivity index (χ2n) is 5.92. The molecule has 0 aliphatic heterocycles. The Bertz CT molecular complexity index is 1050. The molecule has 26 heavy (non-hydrogen) atoms. The van der Waals surface area contributed by atoms with Gasteiger partial charge in [0.15, 0.2) is 5.60 Å². The molecule has 0 saturated carbocycles. The van der Waals surface area contributed by atoms with Gasteiger partial charge in [0.2, 0.25) is 9.84 Å². The van der Waals surface area contributed by atoms with E-state index in [4.69, 9.17) is 0 Å². The summed E-state index contributed by atoms with van der Waals surface area (Å²) in [6.45, 7) is 0.618. The molecule has 0 fully saturated rings. The van der Waals surface area contributed by atoms with Crippen molar-refractivity contribution in [2.75, 3.05) is 0 Å². The number of sulfone groups is 1. The lowest BCUT2D eigenvalue weighted by atomic mass is 9.96. The van der Waals surface area contributed by atoms with Crippen molar-refractivity contribution in [3.63, 3.8) is 0 Å². The summed E-state index contributed by atoms with van der Waals surface area (Å²) in [6, 6.07) is 11.9. The van der Waals surface area contributed by atoms with Crippen LogP contribution in [0.4, 0.5) is 13.2 Å². The fourth-order valence-electron chi connectivity index (χ4n) is 2.56. The lowest BCUT2D eigenvalue weighted by Gasteiger charge is -2.26. The van der Waals surface area contributed by atoms with Crippen molar-refractivity contribution in [1.29, 1.82) is 0 Å². The summed E-state index contributed by atoms with van der Waals surface area (Å²) < 4.78 is 64.5. The summed E-state index contributed by atoms with van der Waals surface area (Å²) in [7, 11) is -3.97. The van der Waals surface area contributed by atoms with Gasteiger partial charge in [-0.1, -0.05) is 18.2 Å². The Kier molecular flexibility index (Phi) is 4.28. The molecular weight excluding hydrogens is 367 g/mol. The normalized spacial score (nSPS) is 15.0. The van der Waals surface area contributed by atoms with Crippen molar-refractivity contribution in [1.82, 2.24) is 4.98 Å². The maximum absolute atomic E-state index is 12.9. The average Bonchev–Trinajstić information content (AvgIpc) is 2.60. The van der Waals surface area contributed by atoms with E-state index in [1.54, 1.807) is 24.3 Å². The highest BCUT2D eigenvalue weighted by atomic mass is 32.2. The van der Waals surface area contributed by atoms with E-state index in [2.05, 4.69) is 4.98 Å². The van der Waals surface area contributed by atoms with Crippen molar-refractivity contribution < 1.29 is 26.7 Å². The fraction of sp³-hybridized carbons (Fsp3) is 0.167. The summed E-state index contributed by atoms with van der Waals surface area (Å²) in [5.41, 5.74) is -3.02. The summed E-state index contributed by atoms with van der Waals surface area (Å²) in [6.07, 6.45) is -3.35. The number of hydrogen-bond acceptors (Lipinski definition) is 4. The number of pyridine rings is 1. The number of hydrogen-bond donors (Lipinski definition) is 1. The van der Waals surface area contributed by atoms with Gasteiger partial charge in [-0.25, -0.2) is 8.42 Å². The average molecular weight is 381 g/mol. The molecule has 1 heterocycles. The van der Waals surface area contributed by atoms with Gasteiger partial charge in [0, 0.05) is 11.6 Å². The maximum Gasteiger partial charge on any atom is 0.421 e. The highest BCUT2D eigenvalue weighted by Gasteiger charge is 2.51. The molecule has 8 heteroatoms. The summed E-state index contributed by atoms with van der Waals surface area (Å²) in [5, 5.41) is 10.1. The minimum Gasteiger partial charge on any atom is -0.376 e. The number of alkyl halides is 3. The zero-order valence-corrected chi connectivity index (χ0v) is 14.3. The predicted molar refractivity (Wildman–Crippen MR) is 89.3 cm³/mol. The van der Waals surface area contributed by atoms with Gasteiger partial charge in [-0.2, -0.15) is 13.2 Å². The van der Waals surface area contributed by atoms with Gasteiger partial charge < -0.3 is 5.11 Å². The van der Waals surface area contributed by atoms with Crippen molar-refractivity contribution in [3.8, 4) is 0 Å². The maximum atomic E-state index is 12.9. The molecule has 0 amide bonds. The van der Waals surface area contributed by atoms with Gasteiger partial charge in [-0.05, 0) is 48.9 Å². The molecule has 0 aliphatic rings. The smallest absolute Gasteiger partial charge is 0.376 e. The third kappa shape index (κ3) is 2.95. The molecule has 0 radical (unpaired) electrons. The van der Waals surface area contributed by atoms with Crippen LogP contribution in [0.1, 0.15) is 12.5 Å². The molecule has 0 spiro atoms. The van der Waals surface area contributed by atoms with Crippen molar-refractivity contribution in [3.05, 3.63) is 66.4 Å². The summed E-state index contributed by atoms with van der Waals surface area (Å²) in [4.78, 5) is 3.94. The van der Waals surface area contributed by atoms with Crippen LogP contribution in [0.15, 0.2) is 70.6 Å². The number of nitrogens with zero attached hydrogens (tertiary/aromatic N) is 1. The van der Waals surface area contributed by atoms with E-state index in [1.165, 1.54) is 12.3 Å². The lowest BCUT2D eigenvalue weighted by molar-refractivity contribution is -0.258. The number of aromatic nitrogens is 1. The Labute approximate surface area is 147 Å². The molecule has 3 aromatic rings. The molecule has 0 bridgehead atoms. The van der Waals surface area contributed by atoms with E-state index in [1.807, 2.05) is 0 Å². The van der Waals surface area contributed by atoms with Gasteiger partial charge in [0.05, 0.1) is 15.3 Å². The Morgan fingerprint density at radius 3 is 2.23 bits per heavy atom. The fourth-order valence-corrected chi connectivity index (χ4v) is 4.03. The van der Waals surface area contributed by atoms with Crippen LogP contribution in [0.2, 0.25) is 0 Å². The number of rotatable bonds is 3. The SMILES string of the molecule is CC(O)(c1ccc(S(=O)(=O)c2cccc3ncccc23)cc1)C(F)(F)F. The van der Waals surface area contributed by atoms with Crippen molar-refractivity contribution in [2.45, 2.75) is 28.5 Å². The molecular formula is C18H14F3NO3S. The highest BCUT2D eigenvalue weighted by molar-refractivity contribution is 7.91. The highest BCUT2D eigenvalue weighted by Crippen LogP contribution is 2.39. The molecule has 136 valence electrons. The van der Waals surface area contributed by atoms with Crippen molar-refractivity contribution >= 4 is 20.7 Å². The molecule has 1 N–H and O–H groups in total. The Hall–Kier alpha value is -2.45. The molecule has 4 nitrogen and oxygen atoms in total. The van der Waals surface area contributed by atoms with Gasteiger partial charge in [0.1, 0.15) is 0 Å². The monoisotopic (exact) mass is 381 g/mol. The molecule has 2 aromatic carbocycles. The lowest BCUT2D eigenvalue weighted by Crippen LogP contribution is -2.39. The van der Waals surface area contributed by atoms with Gasteiger partial charge in [0.25, 0.3) is 0 Å². The summed E-state index contributed by atoms with van der Waals surface area (Å²) in [5.74, 6) is 0. The van der Waals surface area contributed by atoms with Gasteiger partial charge >= 0.3 is 6.18 Å². The summed E-state index contributed by atoms with van der Waals surface area (Å²) >= 11 is 0. The first-order valence-electron chi connectivity index (χ1n) is 7.53. The van der Waals surface area contributed by atoms with Gasteiger partial charge in [-0.15, -0.1) is 0 Å². The zero-order chi connectivity index (χ0) is 19.2. The molecule has 1 unspecified atom stereocenters. The second-order valence-corrected chi connectivity index (χ2v) is 7.84. The van der Waals surface area contributed by atoms with E-state index < -0.39 is 27.2 Å². The van der Waals surface area contributed by atoms with Crippen LogP contribution in [-0.2, 0) is 15.4 Å². The molecule has 0 saturated heterocycles. The minimum atomic E-state index is -4.88. The van der Waals surface area contributed by atoms with E-state index in [9.17, 15) is 26.7 Å². The van der Waals surface area contributed by atoms with Crippen LogP contribution >= 0.6 is 0 Å². The molecule has 1 atom stereocenters. The first-order chi connectivity index (χ1) is 12.0. The van der Waals surface area contributed by atoms with E-state index in [-0.39, 0.29) is 9.79 Å². The first-order valence-corrected chi connectivity index (χ1v) is 9.02. The molecule has 1 aromatic heterocycles. The topological polar surface area (TPSA) is 67.3 Å². The predicted octanol–water partition coefficient (Wildman–Crippen LogP) is 3.84. The standard InChI is InChI=1S/C18H14F3NO3S/c1-17(23,18(19,20)21)12-7-9-13(10-8-12)26(24,25)16-6-2-5-15-14(16)4-3-11-22-15/h2-11,23H,1H3. The third-order valence-corrected chi connectivity index (χ3v) is 6.00. The Morgan fingerprint density at radius 2 is 1.62 bits per heavy atom. The van der Waals surface area contributed by atoms with E-state index in [0.29, 0.717) is 17.8 Å². The molecule has 3 rings (SSSR count). The number of aliphatic hydroxyl groups is 1. The Morgan fingerprint density at radius 1 is 0.962 bits per heavy atom. The Balaban J connectivity index is 2.09. The van der Waals surface area contributed by atoms with E-state index in [0.717, 1.165) is 24.3 Å². The largest absolute Gasteiger partial charge is 0.421 e. The van der Waals surface area contributed by atoms with Crippen LogP contribution in [0.5, 0.6) is 0 Å². The van der Waals surface area contributed by atoms with Crippen LogP contribution in [-0.4, -0.2) is 24.7 Å². The quantitative estimate of drug-likeness (QED) is 0.749. The second kappa shape index (κ2) is 6.07. The van der Waals surface area contributed by atoms with Crippen LogP contribution in [0, 0.1) is 0 Å². The van der Waals surface area contributed by atoms with Crippen molar-refractivity contribution in [2.24, 2.45) is 0 Å². The van der Waals surface area contributed by atoms with E-state index >= 15 is 0 Å². The number of fused-ring (bicyclic) bond motifs is 1. The van der Waals surface area contributed by atoms with Crippen LogP contribution < -0.4 is 0 Å². The zero-order valence-electron chi connectivity index (χ0n) is 13.5. The van der Waals surface area contributed by atoms with Gasteiger partial charge in [-0.3, -0.25) is 4.98 Å². The molecule has 0 aliphatic carbocycles. The third-order valence-electron chi connectivity index (χ3n) is 4.17. The minimum absolute atomic E-state index is 0.0124. The number of halogens is 3. The first kappa shape index (κ1) is 18.3. The van der Waals surface area contributed by atoms with Crippen LogP contribution in [0.25, 0.3) is 10.9 Å². The van der Waals surface area contributed by atoms with Crippen LogP contribution in [0.3, 0.4) is 0 Å². The number of benzene rings is 2.